The van der Waals surface area contributed by atoms with Crippen LogP contribution in [0.15, 0.2) is 12.7 Å². The number of hydrogen-bond acceptors (Lipinski definition) is 1. The molecule has 0 aliphatic carbocycles. The molecule has 0 aromatic carbocycles. The van der Waals surface area contributed by atoms with E-state index < -0.39 is 0 Å². The van der Waals surface area contributed by atoms with Crippen molar-refractivity contribution in [3.8, 4) is 0 Å². The van der Waals surface area contributed by atoms with Crippen LogP contribution in [0.2, 0.25) is 0 Å². The van der Waals surface area contributed by atoms with Crippen molar-refractivity contribution in [1.29, 1.82) is 0 Å². The van der Waals surface area contributed by atoms with E-state index in [2.05, 4.69) is 29.2 Å². The van der Waals surface area contributed by atoms with E-state index in [1.807, 2.05) is 11.0 Å². The van der Waals surface area contributed by atoms with Crippen LogP contribution in [0, 0.1) is 0 Å². The molecule has 1 atom stereocenters. The monoisotopic (exact) mass is 265 g/mol. The Labute approximate surface area is 80.8 Å². The van der Waals surface area contributed by atoms with Gasteiger partial charge in [0.05, 0.1) is 4.43 Å². The average molecular weight is 265 g/mol. The molecule has 0 N–H and O–H groups in total. The smallest absolute Gasteiger partial charge is 0.232 e. The molecule has 1 amide bonds. The summed E-state index contributed by atoms with van der Waals surface area (Å²) in [6.07, 6.45) is 4.09. The Morgan fingerprint density at radius 2 is 2.55 bits per heavy atom. The van der Waals surface area contributed by atoms with E-state index in [9.17, 15) is 4.79 Å². The van der Waals surface area contributed by atoms with Crippen molar-refractivity contribution >= 4 is 28.5 Å². The molecule has 0 bridgehead atoms. The van der Waals surface area contributed by atoms with Crippen molar-refractivity contribution in [3.05, 3.63) is 12.7 Å². The summed E-state index contributed by atoms with van der Waals surface area (Å²) in [7, 11) is 0. The lowest BCUT2D eigenvalue weighted by molar-refractivity contribution is -0.128. The molecule has 1 aliphatic rings. The minimum Gasteiger partial charge on any atom is -0.336 e. The minimum absolute atomic E-state index is 0.244. The molecule has 1 fully saturated rings. The van der Waals surface area contributed by atoms with Gasteiger partial charge in [-0.05, 0) is 12.8 Å². The van der Waals surface area contributed by atoms with Crippen LogP contribution in [0.5, 0.6) is 0 Å². The number of carbonyl (C=O) groups is 1. The zero-order valence-corrected chi connectivity index (χ0v) is 8.58. The van der Waals surface area contributed by atoms with Gasteiger partial charge in [-0.3, -0.25) is 4.79 Å². The summed E-state index contributed by atoms with van der Waals surface area (Å²) in [5.41, 5.74) is 0. The van der Waals surface area contributed by atoms with Crippen molar-refractivity contribution in [2.24, 2.45) is 0 Å². The first-order valence-corrected chi connectivity index (χ1v) is 5.30. The fourth-order valence-corrected chi connectivity index (χ4v) is 1.86. The maximum absolute atomic E-state index is 11.3. The highest BCUT2D eigenvalue weighted by Crippen LogP contribution is 2.18. The van der Waals surface area contributed by atoms with Gasteiger partial charge in [0, 0.05) is 12.6 Å². The molecule has 0 aromatic heterocycles. The Hall–Kier alpha value is -0.0600. The lowest BCUT2D eigenvalue weighted by Crippen LogP contribution is -2.34. The Bertz CT molecular complexity index is 169. The van der Waals surface area contributed by atoms with E-state index in [0.29, 0.717) is 10.5 Å². The molecule has 1 heterocycles. The second-order valence-electron chi connectivity index (χ2n) is 2.67. The van der Waals surface area contributed by atoms with Gasteiger partial charge in [-0.2, -0.15) is 0 Å². The molecule has 3 heteroatoms. The Morgan fingerprint density at radius 3 is 3.09 bits per heavy atom. The first-order chi connectivity index (χ1) is 5.29. The van der Waals surface area contributed by atoms with Crippen molar-refractivity contribution in [3.63, 3.8) is 0 Å². The first kappa shape index (κ1) is 9.03. The molecule has 1 aliphatic heterocycles. The molecule has 0 unspecified atom stereocenters. The molecule has 1 saturated heterocycles. The van der Waals surface area contributed by atoms with Crippen molar-refractivity contribution < 1.29 is 4.79 Å². The standard InChI is InChI=1S/C8H12INO/c1-2-7-4-3-5-10(7)8(11)6-9/h2,7H,1,3-6H2/t7-/m0/s1. The average Bonchev–Trinajstić information content (AvgIpc) is 2.50. The molecular formula is C8H12INO. The maximum atomic E-state index is 11.3. The van der Waals surface area contributed by atoms with E-state index in [0.717, 1.165) is 19.4 Å². The molecule has 11 heavy (non-hydrogen) atoms. The summed E-state index contributed by atoms with van der Waals surface area (Å²) < 4.78 is 0.585. The molecule has 0 spiro atoms. The number of hydrogen-bond donors (Lipinski definition) is 0. The highest BCUT2D eigenvalue weighted by atomic mass is 127. The lowest BCUT2D eigenvalue weighted by atomic mass is 10.2. The topological polar surface area (TPSA) is 20.3 Å². The number of alkyl halides is 1. The Kier molecular flexibility index (Phi) is 3.36. The number of rotatable bonds is 2. The van der Waals surface area contributed by atoms with E-state index in [-0.39, 0.29) is 5.91 Å². The van der Waals surface area contributed by atoms with Gasteiger partial charge in [0.25, 0.3) is 0 Å². The minimum atomic E-state index is 0.244. The fourth-order valence-electron chi connectivity index (χ4n) is 1.42. The molecule has 62 valence electrons. The van der Waals surface area contributed by atoms with Crippen LogP contribution < -0.4 is 0 Å². The second kappa shape index (κ2) is 4.09. The van der Waals surface area contributed by atoms with Gasteiger partial charge in [-0.1, -0.05) is 28.7 Å². The molecule has 0 saturated carbocycles. The van der Waals surface area contributed by atoms with E-state index in [4.69, 9.17) is 0 Å². The van der Waals surface area contributed by atoms with Gasteiger partial charge in [0.1, 0.15) is 0 Å². The number of carbonyl (C=O) groups excluding carboxylic acids is 1. The van der Waals surface area contributed by atoms with Crippen LogP contribution in [-0.4, -0.2) is 27.8 Å². The van der Waals surface area contributed by atoms with Crippen molar-refractivity contribution in [2.75, 3.05) is 11.0 Å². The molecule has 2 nitrogen and oxygen atoms in total. The quantitative estimate of drug-likeness (QED) is 0.422. The number of likely N-dealkylation sites (tertiary alicyclic amines) is 1. The third-order valence-corrected chi connectivity index (χ3v) is 2.66. The summed E-state index contributed by atoms with van der Waals surface area (Å²) in [5, 5.41) is 0. The van der Waals surface area contributed by atoms with Gasteiger partial charge in [-0.25, -0.2) is 0 Å². The van der Waals surface area contributed by atoms with E-state index in [1.165, 1.54) is 0 Å². The SMILES string of the molecule is C=C[C@H]1CCCN1C(=O)CI. The van der Waals surface area contributed by atoms with Crippen LogP contribution in [0.1, 0.15) is 12.8 Å². The van der Waals surface area contributed by atoms with Crippen LogP contribution >= 0.6 is 22.6 Å². The highest BCUT2D eigenvalue weighted by molar-refractivity contribution is 14.1. The normalized spacial score (nSPS) is 23.7. The maximum Gasteiger partial charge on any atom is 0.232 e. The molecular weight excluding hydrogens is 253 g/mol. The zero-order chi connectivity index (χ0) is 8.27. The van der Waals surface area contributed by atoms with Gasteiger partial charge >= 0.3 is 0 Å². The second-order valence-corrected chi connectivity index (χ2v) is 3.43. The lowest BCUT2D eigenvalue weighted by Gasteiger charge is -2.20. The Morgan fingerprint density at radius 1 is 1.82 bits per heavy atom. The van der Waals surface area contributed by atoms with Crippen LogP contribution in [0.3, 0.4) is 0 Å². The summed E-state index contributed by atoms with van der Waals surface area (Å²) in [6.45, 7) is 4.63. The third-order valence-electron chi connectivity index (χ3n) is 2.01. The van der Waals surface area contributed by atoms with Crippen LogP contribution in [0.4, 0.5) is 0 Å². The van der Waals surface area contributed by atoms with Gasteiger partial charge in [0.2, 0.25) is 5.91 Å². The molecule has 0 radical (unpaired) electrons. The van der Waals surface area contributed by atoms with Gasteiger partial charge in [0.15, 0.2) is 0 Å². The van der Waals surface area contributed by atoms with Crippen molar-refractivity contribution in [2.45, 2.75) is 18.9 Å². The highest BCUT2D eigenvalue weighted by Gasteiger charge is 2.24. The predicted octanol–water partition coefficient (Wildman–Crippen LogP) is 1.60. The number of nitrogens with zero attached hydrogens (tertiary/aromatic N) is 1. The van der Waals surface area contributed by atoms with E-state index >= 15 is 0 Å². The van der Waals surface area contributed by atoms with E-state index in [1.54, 1.807) is 0 Å². The zero-order valence-electron chi connectivity index (χ0n) is 6.42. The van der Waals surface area contributed by atoms with Gasteiger partial charge in [-0.15, -0.1) is 6.58 Å². The summed E-state index contributed by atoms with van der Waals surface area (Å²) in [6, 6.07) is 0.303. The number of amides is 1. The summed E-state index contributed by atoms with van der Waals surface area (Å²) >= 11 is 2.10. The predicted molar refractivity (Wildman–Crippen MR) is 53.8 cm³/mol. The van der Waals surface area contributed by atoms with Crippen LogP contribution in [0.25, 0.3) is 0 Å². The largest absolute Gasteiger partial charge is 0.336 e. The van der Waals surface area contributed by atoms with Gasteiger partial charge < -0.3 is 4.90 Å². The number of halogens is 1. The summed E-state index contributed by atoms with van der Waals surface area (Å²) in [4.78, 5) is 13.2. The third kappa shape index (κ3) is 1.95. The first-order valence-electron chi connectivity index (χ1n) is 3.77. The molecule has 0 aromatic rings. The van der Waals surface area contributed by atoms with Crippen LogP contribution in [-0.2, 0) is 4.79 Å². The molecule has 1 rings (SSSR count). The Balaban J connectivity index is 2.56. The summed E-state index contributed by atoms with van der Waals surface area (Å²) in [5.74, 6) is 0.244. The van der Waals surface area contributed by atoms with Crippen molar-refractivity contribution in [1.82, 2.24) is 4.90 Å². The fraction of sp³-hybridized carbons (Fsp3) is 0.625.